The fourth-order valence-electron chi connectivity index (χ4n) is 4.99. The molecule has 7 nitrogen and oxygen atoms in total. The molecule has 0 radical (unpaired) electrons. The molecule has 0 bridgehead atoms. The second kappa shape index (κ2) is 8.57. The summed E-state index contributed by atoms with van der Waals surface area (Å²) in [6.45, 7) is 4.60. The molecule has 2 aromatic carbocycles. The Morgan fingerprint density at radius 3 is 2.50 bits per heavy atom. The minimum Gasteiger partial charge on any atom is -0.482 e. The largest absolute Gasteiger partial charge is 0.482 e. The van der Waals surface area contributed by atoms with Crippen LogP contribution in [0.25, 0.3) is 0 Å². The highest BCUT2D eigenvalue weighted by atomic mass is 35.5. The van der Waals surface area contributed by atoms with Crippen LogP contribution in [0.15, 0.2) is 30.3 Å². The number of carbonyl (C=O) groups excluding carboxylic acids is 2. The van der Waals surface area contributed by atoms with E-state index in [1.807, 2.05) is 6.07 Å². The number of aliphatic hydroxyl groups excluding tert-OH is 1. The molecule has 3 atom stereocenters. The molecule has 0 spiro atoms. The molecule has 2 N–H and O–H groups in total. The number of anilines is 1. The normalized spacial score (nSPS) is 26.2. The predicted octanol–water partition coefficient (Wildman–Crippen LogP) is 4.59. The summed E-state index contributed by atoms with van der Waals surface area (Å²) >= 11 is 19.4. The van der Waals surface area contributed by atoms with Crippen molar-refractivity contribution in [2.24, 2.45) is 0 Å². The summed E-state index contributed by atoms with van der Waals surface area (Å²) in [4.78, 5) is 28.3. The minimum atomic E-state index is -0.988. The molecule has 2 aliphatic heterocycles. The highest BCUT2D eigenvalue weighted by Crippen LogP contribution is 2.45. The summed E-state index contributed by atoms with van der Waals surface area (Å²) in [5.74, 6) is 0.0549. The maximum Gasteiger partial charge on any atom is 0.329 e. The van der Waals surface area contributed by atoms with E-state index in [-0.39, 0.29) is 23.1 Å². The van der Waals surface area contributed by atoms with Crippen LogP contribution in [0.3, 0.4) is 0 Å². The van der Waals surface area contributed by atoms with Crippen LogP contribution in [0.1, 0.15) is 37.5 Å². The number of benzene rings is 2. The monoisotopic (exact) mass is 523 g/mol. The molecule has 5 rings (SSSR count). The van der Waals surface area contributed by atoms with Crippen molar-refractivity contribution in [1.82, 2.24) is 10.2 Å². The fraction of sp³-hybridized carbons (Fsp3) is 0.417. The first-order valence-electron chi connectivity index (χ1n) is 11.1. The Morgan fingerprint density at radius 1 is 1.12 bits per heavy atom. The van der Waals surface area contributed by atoms with Crippen LogP contribution < -0.4 is 15.0 Å². The number of imide groups is 1. The zero-order valence-corrected chi connectivity index (χ0v) is 20.9. The molecule has 2 aromatic rings. The Bertz CT molecular complexity index is 1190. The van der Waals surface area contributed by atoms with Crippen molar-refractivity contribution >= 4 is 52.4 Å². The summed E-state index contributed by atoms with van der Waals surface area (Å²) in [5, 5.41) is 14.1. The van der Waals surface area contributed by atoms with Crippen molar-refractivity contribution in [3.63, 3.8) is 0 Å². The lowest BCUT2D eigenvalue weighted by atomic mass is 10.1. The molecule has 0 unspecified atom stereocenters. The second-order valence-corrected chi connectivity index (χ2v) is 10.8. The average Bonchev–Trinajstić information content (AvgIpc) is 3.38. The number of nitrogens with zero attached hydrogens (tertiary/aromatic N) is 2. The molecule has 0 saturated carbocycles. The molecule has 3 amide bonds. The van der Waals surface area contributed by atoms with Crippen LogP contribution in [-0.4, -0.2) is 52.7 Å². The van der Waals surface area contributed by atoms with Crippen LogP contribution in [-0.2, 0) is 11.2 Å². The lowest BCUT2D eigenvalue weighted by Crippen LogP contribution is -2.40. The van der Waals surface area contributed by atoms with Crippen molar-refractivity contribution < 1.29 is 19.4 Å². The number of hydrogen-bond acceptors (Lipinski definition) is 5. The Balaban J connectivity index is 1.46. The van der Waals surface area contributed by atoms with Crippen molar-refractivity contribution in [3.05, 3.63) is 56.5 Å². The van der Waals surface area contributed by atoms with E-state index in [0.717, 1.165) is 22.6 Å². The zero-order chi connectivity index (χ0) is 24.4. The number of amides is 3. The molecular weight excluding hydrogens is 501 g/mol. The van der Waals surface area contributed by atoms with Crippen molar-refractivity contribution in [1.29, 1.82) is 0 Å². The first kappa shape index (κ1) is 23.7. The number of halogens is 3. The molecular formula is C24H24Cl3N3O4. The zero-order valence-electron chi connectivity index (χ0n) is 18.6. The summed E-state index contributed by atoms with van der Waals surface area (Å²) in [7, 11) is 0. The Morgan fingerprint density at radius 2 is 1.88 bits per heavy atom. The summed E-state index contributed by atoms with van der Waals surface area (Å²) in [6, 6.07) is 7.87. The van der Waals surface area contributed by atoms with Crippen LogP contribution >= 0.6 is 34.8 Å². The van der Waals surface area contributed by atoms with E-state index in [0.29, 0.717) is 40.9 Å². The lowest BCUT2D eigenvalue weighted by Gasteiger charge is -2.30. The lowest BCUT2D eigenvalue weighted by molar-refractivity contribution is -0.121. The predicted molar refractivity (Wildman–Crippen MR) is 131 cm³/mol. The number of aliphatic hydroxyl groups is 1. The number of likely N-dealkylation sites (tertiary alicyclic amines) is 1. The van der Waals surface area contributed by atoms with Gasteiger partial charge < -0.3 is 15.2 Å². The van der Waals surface area contributed by atoms with Crippen LogP contribution in [0, 0.1) is 0 Å². The molecule has 180 valence electrons. The van der Waals surface area contributed by atoms with Gasteiger partial charge >= 0.3 is 6.03 Å². The highest BCUT2D eigenvalue weighted by Gasteiger charge is 2.45. The van der Waals surface area contributed by atoms with E-state index in [4.69, 9.17) is 39.5 Å². The van der Waals surface area contributed by atoms with E-state index < -0.39 is 17.7 Å². The molecule has 3 aliphatic rings. The molecule has 34 heavy (non-hydrogen) atoms. The first-order valence-corrected chi connectivity index (χ1v) is 12.2. The summed E-state index contributed by atoms with van der Waals surface area (Å²) in [5.41, 5.74) is 1.23. The van der Waals surface area contributed by atoms with Gasteiger partial charge in [-0.25, -0.2) is 9.69 Å². The van der Waals surface area contributed by atoms with Gasteiger partial charge in [-0.15, -0.1) is 0 Å². The molecule has 1 aliphatic carbocycles. The Kier molecular flexibility index (Phi) is 5.97. The van der Waals surface area contributed by atoms with E-state index in [9.17, 15) is 14.7 Å². The smallest absolute Gasteiger partial charge is 0.329 e. The number of nitrogens with one attached hydrogen (secondary N) is 1. The van der Waals surface area contributed by atoms with Gasteiger partial charge in [0, 0.05) is 28.7 Å². The maximum absolute atomic E-state index is 12.6. The van der Waals surface area contributed by atoms with E-state index in [1.165, 1.54) is 0 Å². The van der Waals surface area contributed by atoms with Gasteiger partial charge in [-0.05, 0) is 62.6 Å². The van der Waals surface area contributed by atoms with Gasteiger partial charge in [0.15, 0.2) is 0 Å². The van der Waals surface area contributed by atoms with Crippen LogP contribution in [0.4, 0.5) is 10.5 Å². The van der Waals surface area contributed by atoms with Gasteiger partial charge in [0.2, 0.25) is 0 Å². The van der Waals surface area contributed by atoms with Crippen molar-refractivity contribution in [3.8, 4) is 5.75 Å². The van der Waals surface area contributed by atoms with E-state index in [1.54, 1.807) is 38.1 Å². The van der Waals surface area contributed by atoms with Gasteiger partial charge in [-0.2, -0.15) is 0 Å². The maximum atomic E-state index is 12.6. The van der Waals surface area contributed by atoms with Crippen LogP contribution in [0.5, 0.6) is 5.75 Å². The third-order valence-electron chi connectivity index (χ3n) is 6.72. The number of ether oxygens (including phenoxy) is 1. The third-order valence-corrected chi connectivity index (χ3v) is 7.57. The Hall–Kier alpha value is -2.03. The average molecular weight is 525 g/mol. The summed E-state index contributed by atoms with van der Waals surface area (Å²) in [6.07, 6.45) is 0.581. The highest BCUT2D eigenvalue weighted by molar-refractivity contribution is 6.35. The van der Waals surface area contributed by atoms with Gasteiger partial charge in [0.1, 0.15) is 17.4 Å². The molecule has 2 heterocycles. The quantitative estimate of drug-likeness (QED) is 0.572. The number of fused-ring (bicyclic) bond motifs is 1. The number of hydrogen-bond donors (Lipinski definition) is 2. The van der Waals surface area contributed by atoms with Crippen molar-refractivity contribution in [2.45, 2.75) is 50.5 Å². The van der Waals surface area contributed by atoms with E-state index >= 15 is 0 Å². The second-order valence-electron chi connectivity index (χ2n) is 9.51. The third kappa shape index (κ3) is 4.03. The standard InChI is InChI=1S/C24H24Cl3N3O4/c1-24(2)22(32)30(23(33)28-24)13-3-4-20(18(27)9-13)34-21-16-7-12(25)8-17(26)15(16)10-19(21)29-6-5-14(31)11-29/h3-4,7-9,14,19,21,31H,5-6,10-11H2,1-2H3,(H,28,33)/t14-,19+,21+/m1/s1. The number of carbonyl (C=O) groups is 2. The number of β-amino-alcohol motifs (C(OH)–C–C–N with tert-alkyl or cyclic N) is 1. The fourth-order valence-corrected chi connectivity index (χ4v) is 5.80. The van der Waals surface area contributed by atoms with Crippen LogP contribution in [0.2, 0.25) is 15.1 Å². The molecule has 10 heteroatoms. The minimum absolute atomic E-state index is 0.0504. The first-order chi connectivity index (χ1) is 16.0. The molecule has 2 saturated heterocycles. The summed E-state index contributed by atoms with van der Waals surface area (Å²) < 4.78 is 6.44. The van der Waals surface area contributed by atoms with Gasteiger partial charge in [-0.1, -0.05) is 34.8 Å². The van der Waals surface area contributed by atoms with Gasteiger partial charge in [0.05, 0.1) is 22.9 Å². The van der Waals surface area contributed by atoms with Gasteiger partial charge in [0.25, 0.3) is 5.91 Å². The van der Waals surface area contributed by atoms with Gasteiger partial charge in [-0.3, -0.25) is 9.69 Å². The molecule has 0 aromatic heterocycles. The number of rotatable bonds is 4. The Labute approximate surface area is 212 Å². The van der Waals surface area contributed by atoms with Crippen molar-refractivity contribution in [2.75, 3.05) is 18.0 Å². The van der Waals surface area contributed by atoms with E-state index in [2.05, 4.69) is 10.2 Å². The number of urea groups is 1. The topological polar surface area (TPSA) is 82.1 Å². The SMILES string of the molecule is CC1(C)NC(=O)N(c2ccc(O[C@H]3c4cc(Cl)cc(Cl)c4C[C@@H]3N3CC[C@@H](O)C3)c(Cl)c2)C1=O. The molecule has 2 fully saturated rings.